The van der Waals surface area contributed by atoms with Crippen LogP contribution in [0.25, 0.3) is 0 Å². The summed E-state index contributed by atoms with van der Waals surface area (Å²) in [5.41, 5.74) is 0. The Hall–Kier alpha value is -0.580. The molecule has 6 heteroatoms. The van der Waals surface area contributed by atoms with E-state index < -0.39 is 0 Å². The van der Waals surface area contributed by atoms with Crippen LogP contribution in [-0.2, 0) is 4.74 Å². The molecule has 0 aromatic carbocycles. The van der Waals surface area contributed by atoms with Crippen molar-refractivity contribution in [2.75, 3.05) is 31.2 Å². The van der Waals surface area contributed by atoms with E-state index in [9.17, 15) is 0 Å². The predicted octanol–water partition coefficient (Wildman–Crippen LogP) is 2.95. The average molecular weight is 278 g/mol. The maximum absolute atomic E-state index is 6.06. The van der Waals surface area contributed by atoms with Gasteiger partial charge in [-0.25, -0.2) is 9.97 Å². The Kier molecular flexibility index (Phi) is 5.95. The molecule has 0 amide bonds. The van der Waals surface area contributed by atoms with Crippen LogP contribution >= 0.6 is 23.2 Å². The molecule has 0 spiro atoms. The van der Waals surface area contributed by atoms with Crippen LogP contribution in [0.3, 0.4) is 0 Å². The minimum atomic E-state index is 0.311. The quantitative estimate of drug-likeness (QED) is 0.740. The summed E-state index contributed by atoms with van der Waals surface area (Å²) in [5.74, 6) is 1.34. The summed E-state index contributed by atoms with van der Waals surface area (Å²) < 4.78 is 5.26. The Morgan fingerprint density at radius 3 is 2.29 bits per heavy atom. The van der Waals surface area contributed by atoms with Gasteiger partial charge in [0, 0.05) is 13.1 Å². The first kappa shape index (κ1) is 14.5. The third-order valence-corrected chi connectivity index (χ3v) is 2.93. The van der Waals surface area contributed by atoms with Gasteiger partial charge in [0.2, 0.25) is 0 Å². The van der Waals surface area contributed by atoms with Crippen LogP contribution in [0.2, 0.25) is 10.2 Å². The van der Waals surface area contributed by atoms with Crippen LogP contribution < -0.4 is 4.90 Å². The standard InChI is InChI=1S/C9H11Cl2N3O.C2H6/c1-6-12-8(11)7(10)9(13-6)14-2-4-15-5-3-14;1-2/h2-5H2,1H3;1-2H3. The van der Waals surface area contributed by atoms with Gasteiger partial charge >= 0.3 is 0 Å². The van der Waals surface area contributed by atoms with E-state index >= 15 is 0 Å². The van der Waals surface area contributed by atoms with Crippen molar-refractivity contribution in [1.29, 1.82) is 0 Å². The lowest BCUT2D eigenvalue weighted by molar-refractivity contribution is 0.122. The van der Waals surface area contributed by atoms with Gasteiger partial charge in [-0.3, -0.25) is 0 Å². The Morgan fingerprint density at radius 2 is 1.71 bits per heavy atom. The molecular formula is C11H17Cl2N3O. The lowest BCUT2D eigenvalue weighted by Crippen LogP contribution is -2.37. The molecule has 17 heavy (non-hydrogen) atoms. The van der Waals surface area contributed by atoms with Crippen molar-refractivity contribution in [2.45, 2.75) is 20.8 Å². The number of halogens is 2. The lowest BCUT2D eigenvalue weighted by atomic mass is 10.4. The topological polar surface area (TPSA) is 38.2 Å². The van der Waals surface area contributed by atoms with Crippen LogP contribution in [0.1, 0.15) is 19.7 Å². The van der Waals surface area contributed by atoms with Crippen LogP contribution in [0.15, 0.2) is 0 Å². The number of anilines is 1. The fourth-order valence-corrected chi connectivity index (χ4v) is 1.91. The first-order valence-corrected chi connectivity index (χ1v) is 6.46. The number of morpholine rings is 1. The predicted molar refractivity (Wildman–Crippen MR) is 71.2 cm³/mol. The maximum Gasteiger partial charge on any atom is 0.153 e. The maximum atomic E-state index is 6.06. The van der Waals surface area contributed by atoms with Gasteiger partial charge in [0.25, 0.3) is 0 Å². The third kappa shape index (κ3) is 3.69. The molecule has 0 aliphatic carbocycles. The molecule has 0 radical (unpaired) electrons. The zero-order valence-electron chi connectivity index (χ0n) is 10.3. The molecule has 1 aromatic heterocycles. The summed E-state index contributed by atoms with van der Waals surface area (Å²) in [7, 11) is 0. The SMILES string of the molecule is CC.Cc1nc(Cl)c(Cl)c(N2CCOCC2)n1. The van der Waals surface area contributed by atoms with Crippen molar-refractivity contribution in [2.24, 2.45) is 0 Å². The van der Waals surface area contributed by atoms with Crippen molar-refractivity contribution in [3.05, 3.63) is 16.0 Å². The van der Waals surface area contributed by atoms with Crippen LogP contribution in [0.4, 0.5) is 5.82 Å². The number of aromatic nitrogens is 2. The second-order valence-electron chi connectivity index (χ2n) is 3.30. The Balaban J connectivity index is 0.000000686. The van der Waals surface area contributed by atoms with E-state index in [0.29, 0.717) is 35.0 Å². The van der Waals surface area contributed by atoms with Crippen LogP contribution in [-0.4, -0.2) is 36.3 Å². The number of aryl methyl sites for hydroxylation is 1. The number of hydrogen-bond acceptors (Lipinski definition) is 4. The molecule has 0 unspecified atom stereocenters. The number of rotatable bonds is 1. The molecule has 0 saturated carbocycles. The molecule has 1 aliphatic rings. The Bertz CT molecular complexity index is 368. The monoisotopic (exact) mass is 277 g/mol. The normalized spacial score (nSPS) is 15.2. The Morgan fingerprint density at radius 1 is 1.12 bits per heavy atom. The van der Waals surface area contributed by atoms with Crippen LogP contribution in [0, 0.1) is 6.92 Å². The molecule has 2 rings (SSSR count). The smallest absolute Gasteiger partial charge is 0.153 e. The van der Waals surface area contributed by atoms with E-state index in [1.165, 1.54) is 0 Å². The summed E-state index contributed by atoms with van der Waals surface area (Å²) in [6, 6.07) is 0. The van der Waals surface area contributed by atoms with E-state index in [1.54, 1.807) is 6.92 Å². The highest BCUT2D eigenvalue weighted by Gasteiger charge is 2.18. The van der Waals surface area contributed by atoms with E-state index in [1.807, 2.05) is 13.8 Å². The second kappa shape index (κ2) is 6.99. The van der Waals surface area contributed by atoms with Gasteiger partial charge in [-0.2, -0.15) is 0 Å². The summed E-state index contributed by atoms with van der Waals surface area (Å²) in [5, 5.41) is 0.731. The first-order chi connectivity index (χ1) is 8.18. The van der Waals surface area contributed by atoms with Gasteiger partial charge in [0.1, 0.15) is 10.8 Å². The molecule has 1 aliphatic heterocycles. The van der Waals surface area contributed by atoms with E-state index in [0.717, 1.165) is 13.1 Å². The van der Waals surface area contributed by atoms with Gasteiger partial charge in [-0.05, 0) is 6.92 Å². The molecule has 1 aromatic rings. The zero-order chi connectivity index (χ0) is 12.8. The first-order valence-electron chi connectivity index (χ1n) is 5.71. The third-order valence-electron chi connectivity index (χ3n) is 2.22. The van der Waals surface area contributed by atoms with E-state index in [-0.39, 0.29) is 0 Å². The van der Waals surface area contributed by atoms with Gasteiger partial charge in [-0.15, -0.1) is 0 Å². The number of hydrogen-bond donors (Lipinski definition) is 0. The van der Waals surface area contributed by atoms with Gasteiger partial charge < -0.3 is 9.64 Å². The van der Waals surface area contributed by atoms with Crippen molar-refractivity contribution in [3.8, 4) is 0 Å². The average Bonchev–Trinajstić information content (AvgIpc) is 2.37. The number of ether oxygens (including phenoxy) is 1. The fraction of sp³-hybridized carbons (Fsp3) is 0.636. The minimum absolute atomic E-state index is 0.311. The molecule has 1 saturated heterocycles. The summed E-state index contributed by atoms with van der Waals surface area (Å²) in [4.78, 5) is 10.4. The van der Waals surface area contributed by atoms with Crippen molar-refractivity contribution < 1.29 is 4.74 Å². The lowest BCUT2D eigenvalue weighted by Gasteiger charge is -2.28. The fourth-order valence-electron chi connectivity index (χ4n) is 1.50. The highest BCUT2D eigenvalue weighted by molar-refractivity contribution is 6.42. The summed E-state index contributed by atoms with van der Waals surface area (Å²) in [6.45, 7) is 8.75. The van der Waals surface area contributed by atoms with Gasteiger partial charge in [-0.1, -0.05) is 37.0 Å². The molecular weight excluding hydrogens is 261 g/mol. The second-order valence-corrected chi connectivity index (χ2v) is 4.03. The molecule has 0 N–H and O–H groups in total. The Labute approximate surface area is 112 Å². The molecule has 1 fully saturated rings. The van der Waals surface area contributed by atoms with Crippen molar-refractivity contribution in [3.63, 3.8) is 0 Å². The zero-order valence-corrected chi connectivity index (χ0v) is 11.8. The highest BCUT2D eigenvalue weighted by Crippen LogP contribution is 2.29. The van der Waals surface area contributed by atoms with Crippen molar-refractivity contribution in [1.82, 2.24) is 9.97 Å². The largest absolute Gasteiger partial charge is 0.378 e. The number of nitrogens with zero attached hydrogens (tertiary/aromatic N) is 3. The summed E-state index contributed by atoms with van der Waals surface area (Å²) >= 11 is 12.0. The summed E-state index contributed by atoms with van der Waals surface area (Å²) in [6.07, 6.45) is 0. The van der Waals surface area contributed by atoms with Gasteiger partial charge in [0.05, 0.1) is 13.2 Å². The van der Waals surface area contributed by atoms with E-state index in [4.69, 9.17) is 27.9 Å². The molecule has 4 nitrogen and oxygen atoms in total. The molecule has 0 atom stereocenters. The van der Waals surface area contributed by atoms with E-state index in [2.05, 4.69) is 14.9 Å². The highest BCUT2D eigenvalue weighted by atomic mass is 35.5. The van der Waals surface area contributed by atoms with Crippen molar-refractivity contribution >= 4 is 29.0 Å². The van der Waals surface area contributed by atoms with Gasteiger partial charge in [0.15, 0.2) is 11.0 Å². The molecule has 0 bridgehead atoms. The molecule has 96 valence electrons. The molecule has 2 heterocycles. The van der Waals surface area contributed by atoms with Crippen LogP contribution in [0.5, 0.6) is 0 Å². The minimum Gasteiger partial charge on any atom is -0.378 e.